The Morgan fingerprint density at radius 1 is 1.24 bits per heavy atom. The van der Waals surface area contributed by atoms with E-state index in [-0.39, 0.29) is 0 Å². The van der Waals surface area contributed by atoms with E-state index in [1.165, 1.54) is 0 Å². The van der Waals surface area contributed by atoms with Crippen LogP contribution in [0.4, 0.5) is 0 Å². The Hall–Kier alpha value is -0.770. The monoisotopic (exact) mass is 257 g/mol. The number of hydrogen-bond acceptors (Lipinski definition) is 3. The second kappa shape index (κ2) is 8.34. The van der Waals surface area contributed by atoms with Gasteiger partial charge in [0.05, 0.1) is 18.2 Å². The molecule has 0 spiro atoms. The fraction of sp³-hybridized carbons (Fsp3) is 0.538. The Labute approximate surface area is 108 Å². The van der Waals surface area contributed by atoms with Gasteiger partial charge in [0.25, 0.3) is 0 Å². The molecule has 96 valence electrons. The van der Waals surface area contributed by atoms with Crippen LogP contribution in [0.25, 0.3) is 0 Å². The maximum Gasteiger partial charge on any atom is 0.138 e. The molecular weight excluding hydrogens is 238 g/mol. The zero-order valence-electron chi connectivity index (χ0n) is 10.5. The van der Waals surface area contributed by atoms with Crippen LogP contribution >= 0.6 is 11.6 Å². The molecule has 0 saturated heterocycles. The molecule has 0 amide bonds. The van der Waals surface area contributed by atoms with Crippen molar-refractivity contribution in [1.29, 1.82) is 0 Å². The maximum absolute atomic E-state index is 6.00. The summed E-state index contributed by atoms with van der Waals surface area (Å²) in [7, 11) is 0. The molecule has 0 saturated carbocycles. The van der Waals surface area contributed by atoms with Crippen LogP contribution in [-0.4, -0.2) is 32.9 Å². The summed E-state index contributed by atoms with van der Waals surface area (Å²) in [5.74, 6) is 0.724. The van der Waals surface area contributed by atoms with Gasteiger partial charge < -0.3 is 14.8 Å². The summed E-state index contributed by atoms with van der Waals surface area (Å²) < 4.78 is 10.9. The summed E-state index contributed by atoms with van der Waals surface area (Å²) in [5, 5.41) is 3.83. The quantitative estimate of drug-likeness (QED) is 0.727. The summed E-state index contributed by atoms with van der Waals surface area (Å²) in [6.45, 7) is 7.74. The molecule has 0 aliphatic heterocycles. The fourth-order valence-corrected chi connectivity index (χ4v) is 1.53. The molecular formula is C13H20ClNO2. The second-order valence-electron chi connectivity index (χ2n) is 3.75. The normalized spacial score (nSPS) is 10.5. The Morgan fingerprint density at radius 2 is 2.06 bits per heavy atom. The summed E-state index contributed by atoms with van der Waals surface area (Å²) in [5.41, 5.74) is 1.14. The van der Waals surface area contributed by atoms with E-state index in [9.17, 15) is 0 Å². The van der Waals surface area contributed by atoms with Crippen molar-refractivity contribution >= 4 is 11.6 Å². The Kier molecular flexibility index (Phi) is 7.01. The first-order chi connectivity index (χ1) is 8.24. The molecule has 1 aromatic rings. The third kappa shape index (κ3) is 5.91. The predicted octanol–water partition coefficient (Wildman–Crippen LogP) is 2.65. The minimum absolute atomic E-state index is 0.523. The highest BCUT2D eigenvalue weighted by atomic mass is 35.5. The fourth-order valence-electron chi connectivity index (χ4n) is 1.35. The first-order valence-electron chi connectivity index (χ1n) is 5.91. The summed E-state index contributed by atoms with van der Waals surface area (Å²) in [6, 6.07) is 5.74. The van der Waals surface area contributed by atoms with Crippen LogP contribution < -0.4 is 10.1 Å². The van der Waals surface area contributed by atoms with Gasteiger partial charge in [-0.2, -0.15) is 0 Å². The second-order valence-corrected chi connectivity index (χ2v) is 4.16. The van der Waals surface area contributed by atoms with Crippen LogP contribution in [-0.2, 0) is 4.74 Å². The maximum atomic E-state index is 6.00. The average molecular weight is 258 g/mol. The van der Waals surface area contributed by atoms with Gasteiger partial charge in [0, 0.05) is 6.54 Å². The molecule has 0 fully saturated rings. The topological polar surface area (TPSA) is 30.5 Å². The average Bonchev–Trinajstić information content (AvgIpc) is 2.32. The third-order valence-electron chi connectivity index (χ3n) is 2.25. The minimum atomic E-state index is 0.523. The number of nitrogens with one attached hydrogen (secondary N) is 1. The first kappa shape index (κ1) is 14.3. The molecule has 3 nitrogen and oxygen atoms in total. The van der Waals surface area contributed by atoms with Crippen molar-refractivity contribution in [2.75, 3.05) is 32.9 Å². The van der Waals surface area contributed by atoms with Crippen molar-refractivity contribution in [3.05, 3.63) is 28.8 Å². The van der Waals surface area contributed by atoms with Crippen molar-refractivity contribution < 1.29 is 9.47 Å². The van der Waals surface area contributed by atoms with Crippen LogP contribution in [0.3, 0.4) is 0 Å². The van der Waals surface area contributed by atoms with Crippen molar-refractivity contribution in [3.63, 3.8) is 0 Å². The molecule has 0 aromatic heterocycles. The van der Waals surface area contributed by atoms with E-state index in [0.29, 0.717) is 24.8 Å². The van der Waals surface area contributed by atoms with E-state index in [1.54, 1.807) is 0 Å². The molecule has 1 N–H and O–H groups in total. The van der Waals surface area contributed by atoms with Crippen LogP contribution in [0.15, 0.2) is 18.2 Å². The van der Waals surface area contributed by atoms with Crippen molar-refractivity contribution in [2.45, 2.75) is 13.8 Å². The zero-order chi connectivity index (χ0) is 12.5. The van der Waals surface area contributed by atoms with Crippen LogP contribution in [0.2, 0.25) is 5.02 Å². The lowest BCUT2D eigenvalue weighted by molar-refractivity contribution is 0.102. The molecule has 0 aliphatic rings. The van der Waals surface area contributed by atoms with Gasteiger partial charge in [0.15, 0.2) is 0 Å². The minimum Gasteiger partial charge on any atom is -0.490 e. The third-order valence-corrected chi connectivity index (χ3v) is 2.56. The standard InChI is InChI=1S/C13H20ClNO2/c1-3-15-6-7-16-8-9-17-13-10-11(2)4-5-12(13)14/h4-5,10,15H,3,6-9H2,1-2H3. The highest BCUT2D eigenvalue weighted by Crippen LogP contribution is 2.24. The van der Waals surface area contributed by atoms with Gasteiger partial charge in [-0.3, -0.25) is 0 Å². The molecule has 1 rings (SSSR count). The summed E-state index contributed by atoms with van der Waals surface area (Å²) in [4.78, 5) is 0. The number of hydrogen-bond donors (Lipinski definition) is 1. The predicted molar refractivity (Wildman–Crippen MR) is 71.0 cm³/mol. The molecule has 0 radical (unpaired) electrons. The number of benzene rings is 1. The molecule has 17 heavy (non-hydrogen) atoms. The van der Waals surface area contributed by atoms with Crippen LogP contribution in [0.5, 0.6) is 5.75 Å². The van der Waals surface area contributed by atoms with Gasteiger partial charge in [-0.05, 0) is 31.2 Å². The van der Waals surface area contributed by atoms with Gasteiger partial charge in [0.1, 0.15) is 12.4 Å². The number of ether oxygens (including phenoxy) is 2. The molecule has 0 unspecified atom stereocenters. The van der Waals surface area contributed by atoms with Gasteiger partial charge >= 0.3 is 0 Å². The SMILES string of the molecule is CCNCCOCCOc1cc(C)ccc1Cl. The molecule has 4 heteroatoms. The zero-order valence-corrected chi connectivity index (χ0v) is 11.2. The van der Waals surface area contributed by atoms with Gasteiger partial charge in [-0.1, -0.05) is 24.6 Å². The van der Waals surface area contributed by atoms with E-state index in [0.717, 1.165) is 24.4 Å². The lowest BCUT2D eigenvalue weighted by Crippen LogP contribution is -2.20. The van der Waals surface area contributed by atoms with E-state index >= 15 is 0 Å². The largest absolute Gasteiger partial charge is 0.490 e. The number of halogens is 1. The van der Waals surface area contributed by atoms with E-state index < -0.39 is 0 Å². The lowest BCUT2D eigenvalue weighted by atomic mass is 10.2. The van der Waals surface area contributed by atoms with Crippen LogP contribution in [0.1, 0.15) is 12.5 Å². The highest BCUT2D eigenvalue weighted by Gasteiger charge is 2.01. The molecule has 0 bridgehead atoms. The number of likely N-dealkylation sites (N-methyl/N-ethyl adjacent to an activating group) is 1. The Balaban J connectivity index is 2.15. The van der Waals surface area contributed by atoms with Crippen molar-refractivity contribution in [3.8, 4) is 5.75 Å². The number of aryl methyl sites for hydroxylation is 1. The molecule has 0 atom stereocenters. The first-order valence-corrected chi connectivity index (χ1v) is 6.29. The number of rotatable bonds is 8. The summed E-state index contributed by atoms with van der Waals surface area (Å²) in [6.07, 6.45) is 0. The lowest BCUT2D eigenvalue weighted by Gasteiger charge is -2.09. The molecule has 0 aliphatic carbocycles. The van der Waals surface area contributed by atoms with Crippen molar-refractivity contribution in [2.24, 2.45) is 0 Å². The molecule has 0 heterocycles. The Morgan fingerprint density at radius 3 is 2.82 bits per heavy atom. The smallest absolute Gasteiger partial charge is 0.138 e. The highest BCUT2D eigenvalue weighted by molar-refractivity contribution is 6.32. The van der Waals surface area contributed by atoms with Gasteiger partial charge in [0.2, 0.25) is 0 Å². The van der Waals surface area contributed by atoms with E-state index in [2.05, 4.69) is 12.2 Å². The molecule has 1 aromatic carbocycles. The Bertz CT molecular complexity index is 331. The van der Waals surface area contributed by atoms with E-state index in [4.69, 9.17) is 21.1 Å². The van der Waals surface area contributed by atoms with Gasteiger partial charge in [-0.15, -0.1) is 0 Å². The van der Waals surface area contributed by atoms with E-state index in [1.807, 2.05) is 25.1 Å². The van der Waals surface area contributed by atoms with Crippen LogP contribution in [0, 0.1) is 6.92 Å². The van der Waals surface area contributed by atoms with Gasteiger partial charge in [-0.25, -0.2) is 0 Å². The van der Waals surface area contributed by atoms with Crippen molar-refractivity contribution in [1.82, 2.24) is 5.32 Å². The summed E-state index contributed by atoms with van der Waals surface area (Å²) >= 11 is 6.00.